The van der Waals surface area contributed by atoms with Crippen molar-refractivity contribution in [3.8, 4) is 0 Å². The van der Waals surface area contributed by atoms with Crippen LogP contribution in [0.5, 0.6) is 0 Å². The van der Waals surface area contributed by atoms with Gasteiger partial charge < -0.3 is 9.84 Å². The van der Waals surface area contributed by atoms with E-state index in [-0.39, 0.29) is 10.6 Å². The summed E-state index contributed by atoms with van der Waals surface area (Å²) in [4.78, 5) is 10.7. The van der Waals surface area contributed by atoms with Gasteiger partial charge >= 0.3 is 12.1 Å². The molecule has 0 saturated carbocycles. The molecule has 1 aromatic rings. The second-order valence-electron chi connectivity index (χ2n) is 3.61. The predicted molar refractivity (Wildman–Crippen MR) is 58.4 cm³/mol. The first-order chi connectivity index (χ1) is 8.23. The highest BCUT2D eigenvalue weighted by molar-refractivity contribution is 6.30. The van der Waals surface area contributed by atoms with Gasteiger partial charge in [-0.25, -0.2) is 0 Å². The van der Waals surface area contributed by atoms with E-state index in [1.54, 1.807) is 0 Å². The van der Waals surface area contributed by atoms with Crippen LogP contribution >= 0.6 is 11.6 Å². The molecular weight excluding hydrogens is 273 g/mol. The lowest BCUT2D eigenvalue weighted by Gasteiger charge is -2.33. The van der Waals surface area contributed by atoms with Crippen LogP contribution in [0.15, 0.2) is 24.3 Å². The molecule has 1 rings (SSSR count). The number of hydrogen-bond donors (Lipinski definition) is 1. The lowest BCUT2D eigenvalue weighted by atomic mass is 9.89. The van der Waals surface area contributed by atoms with E-state index in [9.17, 15) is 18.0 Å². The van der Waals surface area contributed by atoms with E-state index < -0.39 is 24.2 Å². The molecule has 1 aromatic carbocycles. The van der Waals surface area contributed by atoms with Crippen LogP contribution < -0.4 is 0 Å². The number of alkyl halides is 3. The topological polar surface area (TPSA) is 46.5 Å². The van der Waals surface area contributed by atoms with Crippen LogP contribution in [-0.4, -0.2) is 24.4 Å². The Morgan fingerprint density at radius 1 is 1.44 bits per heavy atom. The molecule has 0 aromatic heterocycles. The first kappa shape index (κ1) is 14.8. The van der Waals surface area contributed by atoms with Crippen molar-refractivity contribution in [2.75, 3.05) is 7.11 Å². The van der Waals surface area contributed by atoms with Crippen molar-refractivity contribution in [1.82, 2.24) is 0 Å². The zero-order valence-corrected chi connectivity index (χ0v) is 10.0. The number of rotatable bonds is 4. The molecule has 0 spiro atoms. The van der Waals surface area contributed by atoms with Crippen molar-refractivity contribution in [3.63, 3.8) is 0 Å². The Kier molecular flexibility index (Phi) is 4.24. The molecule has 1 N–H and O–H groups in total. The van der Waals surface area contributed by atoms with Crippen molar-refractivity contribution in [2.45, 2.75) is 18.2 Å². The minimum absolute atomic E-state index is 0.0727. The number of carboxylic acids is 1. The van der Waals surface area contributed by atoms with E-state index in [4.69, 9.17) is 16.7 Å². The number of methoxy groups -OCH3 is 1. The third-order valence-electron chi connectivity index (χ3n) is 2.50. The minimum atomic E-state index is -4.87. The van der Waals surface area contributed by atoms with Crippen LogP contribution in [0.2, 0.25) is 5.02 Å². The molecule has 0 aliphatic heterocycles. The van der Waals surface area contributed by atoms with Crippen LogP contribution in [0.25, 0.3) is 0 Å². The smallest absolute Gasteiger partial charge is 0.422 e. The van der Waals surface area contributed by atoms with Gasteiger partial charge in [-0.3, -0.25) is 4.79 Å². The molecule has 100 valence electrons. The van der Waals surface area contributed by atoms with E-state index in [1.165, 1.54) is 12.1 Å². The van der Waals surface area contributed by atoms with Crippen molar-refractivity contribution >= 4 is 17.6 Å². The Bertz CT molecular complexity index is 447. The summed E-state index contributed by atoms with van der Waals surface area (Å²) >= 11 is 5.62. The second-order valence-corrected chi connectivity index (χ2v) is 4.05. The summed E-state index contributed by atoms with van der Waals surface area (Å²) in [6.45, 7) is 0. The van der Waals surface area contributed by atoms with Gasteiger partial charge in [-0.2, -0.15) is 13.2 Å². The maximum Gasteiger partial charge on any atom is 0.422 e. The van der Waals surface area contributed by atoms with E-state index in [1.807, 2.05) is 0 Å². The first-order valence-electron chi connectivity index (χ1n) is 4.82. The Morgan fingerprint density at radius 3 is 2.44 bits per heavy atom. The summed E-state index contributed by atoms with van der Waals surface area (Å²) in [6, 6.07) is 4.87. The molecule has 1 unspecified atom stereocenters. The third kappa shape index (κ3) is 2.76. The molecule has 0 saturated heterocycles. The van der Waals surface area contributed by atoms with Gasteiger partial charge in [0.05, 0.1) is 6.42 Å². The molecule has 0 bridgehead atoms. The highest BCUT2D eigenvalue weighted by atomic mass is 35.5. The molecule has 0 aliphatic carbocycles. The van der Waals surface area contributed by atoms with E-state index in [0.29, 0.717) is 0 Å². The third-order valence-corrected chi connectivity index (χ3v) is 2.73. The van der Waals surface area contributed by atoms with Crippen LogP contribution in [0.4, 0.5) is 13.2 Å². The highest BCUT2D eigenvalue weighted by Crippen LogP contribution is 2.44. The molecule has 0 amide bonds. The molecule has 7 heteroatoms. The van der Waals surface area contributed by atoms with Gasteiger partial charge in [-0.05, 0) is 17.7 Å². The Labute approximate surface area is 106 Å². The number of hydrogen-bond acceptors (Lipinski definition) is 2. The molecule has 0 aliphatic rings. The van der Waals surface area contributed by atoms with Gasteiger partial charge in [-0.1, -0.05) is 23.7 Å². The number of halogens is 4. The van der Waals surface area contributed by atoms with E-state index in [0.717, 1.165) is 19.2 Å². The van der Waals surface area contributed by atoms with Crippen molar-refractivity contribution in [3.05, 3.63) is 34.9 Å². The standard InChI is InChI=1S/C11H10ClF3O3/c1-18-10(6-9(16)17,11(13,14)15)7-3-2-4-8(12)5-7/h2-5H,6H2,1H3,(H,16,17). The monoisotopic (exact) mass is 282 g/mol. The average Bonchev–Trinajstić information content (AvgIpc) is 2.23. The average molecular weight is 283 g/mol. The van der Waals surface area contributed by atoms with Gasteiger partial charge in [-0.15, -0.1) is 0 Å². The maximum absolute atomic E-state index is 13.1. The van der Waals surface area contributed by atoms with Gasteiger partial charge in [0, 0.05) is 12.1 Å². The summed E-state index contributed by atoms with van der Waals surface area (Å²) in [5.74, 6) is -1.62. The Morgan fingerprint density at radius 2 is 2.06 bits per heavy atom. The normalized spacial score (nSPS) is 15.2. The highest BCUT2D eigenvalue weighted by Gasteiger charge is 2.58. The Hall–Kier alpha value is -1.27. The summed E-state index contributed by atoms with van der Waals surface area (Å²) in [7, 11) is 0.817. The summed E-state index contributed by atoms with van der Waals surface area (Å²) in [5, 5.41) is 8.73. The van der Waals surface area contributed by atoms with Crippen LogP contribution in [0.1, 0.15) is 12.0 Å². The number of aliphatic carboxylic acids is 1. The fourth-order valence-electron chi connectivity index (χ4n) is 1.62. The van der Waals surface area contributed by atoms with Gasteiger partial charge in [0.15, 0.2) is 5.60 Å². The molecule has 0 fully saturated rings. The predicted octanol–water partition coefficient (Wildman–Crippen LogP) is 3.22. The van der Waals surface area contributed by atoms with Crippen molar-refractivity contribution in [1.29, 1.82) is 0 Å². The minimum Gasteiger partial charge on any atom is -0.481 e. The summed E-state index contributed by atoms with van der Waals surface area (Å²) < 4.78 is 43.9. The van der Waals surface area contributed by atoms with Gasteiger partial charge in [0.25, 0.3) is 0 Å². The van der Waals surface area contributed by atoms with Crippen LogP contribution in [0, 0.1) is 0 Å². The van der Waals surface area contributed by atoms with Crippen molar-refractivity contribution < 1.29 is 27.8 Å². The fraction of sp³-hybridized carbons (Fsp3) is 0.364. The lowest BCUT2D eigenvalue weighted by molar-refractivity contribution is -0.279. The van der Waals surface area contributed by atoms with Gasteiger partial charge in [0.1, 0.15) is 0 Å². The van der Waals surface area contributed by atoms with Gasteiger partial charge in [0.2, 0.25) is 0 Å². The fourth-order valence-corrected chi connectivity index (χ4v) is 1.81. The molecule has 1 atom stereocenters. The molecule has 3 nitrogen and oxygen atoms in total. The molecule has 18 heavy (non-hydrogen) atoms. The van der Waals surface area contributed by atoms with Crippen LogP contribution in [0.3, 0.4) is 0 Å². The summed E-state index contributed by atoms with van der Waals surface area (Å²) in [5.41, 5.74) is -3.24. The van der Waals surface area contributed by atoms with E-state index in [2.05, 4.69) is 4.74 Å². The maximum atomic E-state index is 13.1. The molecular formula is C11H10ClF3O3. The zero-order chi connectivity index (χ0) is 14.0. The van der Waals surface area contributed by atoms with E-state index >= 15 is 0 Å². The second kappa shape index (κ2) is 5.16. The molecule has 0 radical (unpaired) electrons. The number of carboxylic acid groups (broad SMARTS) is 1. The Balaban J connectivity index is 3.39. The number of ether oxygens (including phenoxy) is 1. The summed E-state index contributed by atoms with van der Waals surface area (Å²) in [6.07, 6.45) is -6.10. The zero-order valence-electron chi connectivity index (χ0n) is 9.29. The quantitative estimate of drug-likeness (QED) is 0.922. The largest absolute Gasteiger partial charge is 0.481 e. The lowest BCUT2D eigenvalue weighted by Crippen LogP contribution is -2.45. The number of carbonyl (C=O) groups is 1. The molecule has 0 heterocycles. The SMILES string of the molecule is COC(CC(=O)O)(c1cccc(Cl)c1)C(F)(F)F. The number of benzene rings is 1. The van der Waals surface area contributed by atoms with Crippen molar-refractivity contribution in [2.24, 2.45) is 0 Å². The first-order valence-corrected chi connectivity index (χ1v) is 5.20. The van der Waals surface area contributed by atoms with Crippen LogP contribution in [-0.2, 0) is 15.1 Å².